The fourth-order valence-electron chi connectivity index (χ4n) is 1.37. The van der Waals surface area contributed by atoms with Gasteiger partial charge in [0, 0.05) is 22.3 Å². The Morgan fingerprint density at radius 1 is 1.39 bits per heavy atom. The van der Waals surface area contributed by atoms with E-state index in [-0.39, 0.29) is 12.6 Å². The van der Waals surface area contributed by atoms with Gasteiger partial charge in [-0.15, -0.1) is 0 Å². The summed E-state index contributed by atoms with van der Waals surface area (Å²) < 4.78 is 19.1. The molecule has 0 aliphatic heterocycles. The van der Waals surface area contributed by atoms with Crippen LogP contribution in [0.15, 0.2) is 28.9 Å². The second-order valence-corrected chi connectivity index (χ2v) is 4.54. The molecular weight excluding hydrogens is 303 g/mol. The molecule has 18 heavy (non-hydrogen) atoms. The number of aryl methyl sites for hydroxylation is 1. The van der Waals surface area contributed by atoms with Crippen LogP contribution < -0.4 is 4.74 Å². The summed E-state index contributed by atoms with van der Waals surface area (Å²) in [6.07, 6.45) is 1.48. The summed E-state index contributed by atoms with van der Waals surface area (Å²) >= 11 is 3.17. The standard InChI is InChI=1S/C12H10BrFN2O2/c1-7-8(6-17)5-15-12(16-7)18-11-3-9(13)2-10(14)4-11/h2-5,17H,6H2,1H3. The van der Waals surface area contributed by atoms with Crippen LogP contribution in [0.4, 0.5) is 4.39 Å². The molecule has 0 bridgehead atoms. The molecule has 0 unspecified atom stereocenters. The zero-order valence-electron chi connectivity index (χ0n) is 9.52. The molecule has 1 N–H and O–H groups in total. The van der Waals surface area contributed by atoms with E-state index in [1.807, 2.05) is 0 Å². The minimum absolute atomic E-state index is 0.113. The van der Waals surface area contributed by atoms with Gasteiger partial charge in [-0.2, -0.15) is 4.98 Å². The maximum atomic E-state index is 13.1. The summed E-state index contributed by atoms with van der Waals surface area (Å²) in [5.74, 6) is -0.110. The summed E-state index contributed by atoms with van der Waals surface area (Å²) in [7, 11) is 0. The number of hydrogen-bond donors (Lipinski definition) is 1. The molecule has 0 spiro atoms. The predicted molar refractivity (Wildman–Crippen MR) is 66.9 cm³/mol. The lowest BCUT2D eigenvalue weighted by molar-refractivity contribution is 0.279. The first-order valence-electron chi connectivity index (χ1n) is 5.16. The predicted octanol–water partition coefficient (Wildman–Crippen LogP) is 2.97. The summed E-state index contributed by atoms with van der Waals surface area (Å²) in [4.78, 5) is 8.00. The molecule has 0 fully saturated rings. The van der Waals surface area contributed by atoms with Crippen molar-refractivity contribution in [2.24, 2.45) is 0 Å². The van der Waals surface area contributed by atoms with E-state index < -0.39 is 5.82 Å². The van der Waals surface area contributed by atoms with Crippen LogP contribution in [0.25, 0.3) is 0 Å². The van der Waals surface area contributed by atoms with E-state index in [9.17, 15) is 4.39 Å². The van der Waals surface area contributed by atoms with E-state index >= 15 is 0 Å². The molecule has 4 nitrogen and oxygen atoms in total. The van der Waals surface area contributed by atoms with Crippen LogP contribution >= 0.6 is 15.9 Å². The Kier molecular flexibility index (Phi) is 3.88. The third-order valence-electron chi connectivity index (χ3n) is 2.27. The lowest BCUT2D eigenvalue weighted by Crippen LogP contribution is -1.98. The SMILES string of the molecule is Cc1nc(Oc2cc(F)cc(Br)c2)ncc1CO. The Morgan fingerprint density at radius 2 is 2.17 bits per heavy atom. The minimum atomic E-state index is -0.414. The van der Waals surface area contributed by atoms with Crippen molar-refractivity contribution >= 4 is 15.9 Å². The molecule has 1 aromatic heterocycles. The number of nitrogens with zero attached hydrogens (tertiary/aromatic N) is 2. The van der Waals surface area contributed by atoms with Crippen molar-refractivity contribution in [3.8, 4) is 11.8 Å². The Labute approximate surface area is 112 Å². The molecular formula is C12H10BrFN2O2. The Bertz CT molecular complexity index is 558. The van der Waals surface area contributed by atoms with E-state index in [1.165, 1.54) is 18.3 Å². The van der Waals surface area contributed by atoms with Crippen LogP contribution in [0.2, 0.25) is 0 Å². The highest BCUT2D eigenvalue weighted by Crippen LogP contribution is 2.24. The van der Waals surface area contributed by atoms with Crippen LogP contribution in [0.5, 0.6) is 11.8 Å². The summed E-state index contributed by atoms with van der Waals surface area (Å²) in [5.41, 5.74) is 1.25. The van der Waals surface area contributed by atoms with Crippen molar-refractivity contribution in [2.75, 3.05) is 0 Å². The number of rotatable bonds is 3. The van der Waals surface area contributed by atoms with E-state index in [2.05, 4.69) is 25.9 Å². The number of hydrogen-bond acceptors (Lipinski definition) is 4. The lowest BCUT2D eigenvalue weighted by Gasteiger charge is -2.06. The summed E-state index contributed by atoms with van der Waals surface area (Å²) in [5, 5.41) is 9.00. The van der Waals surface area contributed by atoms with Crippen molar-refractivity contribution in [2.45, 2.75) is 13.5 Å². The number of halogens is 2. The number of aromatic nitrogens is 2. The van der Waals surface area contributed by atoms with Gasteiger partial charge in [0.1, 0.15) is 11.6 Å². The van der Waals surface area contributed by atoms with Crippen molar-refractivity contribution in [1.82, 2.24) is 9.97 Å². The fourth-order valence-corrected chi connectivity index (χ4v) is 1.81. The van der Waals surface area contributed by atoms with Crippen molar-refractivity contribution in [3.05, 3.63) is 45.9 Å². The maximum absolute atomic E-state index is 13.1. The number of benzene rings is 1. The molecule has 2 rings (SSSR count). The smallest absolute Gasteiger partial charge is 0.322 e. The number of aliphatic hydroxyl groups is 1. The number of aliphatic hydroxyl groups excluding tert-OH is 1. The molecule has 0 aliphatic rings. The van der Waals surface area contributed by atoms with Gasteiger partial charge in [-0.3, -0.25) is 0 Å². The van der Waals surface area contributed by atoms with Crippen molar-refractivity contribution in [3.63, 3.8) is 0 Å². The molecule has 94 valence electrons. The Hall–Kier alpha value is -1.53. The largest absolute Gasteiger partial charge is 0.424 e. The zero-order valence-corrected chi connectivity index (χ0v) is 11.1. The van der Waals surface area contributed by atoms with Gasteiger partial charge < -0.3 is 9.84 Å². The first kappa shape index (κ1) is 12.9. The molecule has 0 atom stereocenters. The van der Waals surface area contributed by atoms with E-state index in [0.29, 0.717) is 21.5 Å². The molecule has 0 aliphatic carbocycles. The highest BCUT2D eigenvalue weighted by atomic mass is 79.9. The van der Waals surface area contributed by atoms with Gasteiger partial charge in [0.2, 0.25) is 0 Å². The topological polar surface area (TPSA) is 55.2 Å². The van der Waals surface area contributed by atoms with Crippen LogP contribution in [0.1, 0.15) is 11.3 Å². The zero-order chi connectivity index (χ0) is 13.1. The van der Waals surface area contributed by atoms with Crippen LogP contribution in [-0.2, 0) is 6.61 Å². The van der Waals surface area contributed by atoms with Gasteiger partial charge in [-0.25, -0.2) is 9.37 Å². The summed E-state index contributed by atoms with van der Waals surface area (Å²) in [6, 6.07) is 4.29. The van der Waals surface area contributed by atoms with Crippen molar-refractivity contribution in [1.29, 1.82) is 0 Å². The Morgan fingerprint density at radius 3 is 2.78 bits per heavy atom. The van der Waals surface area contributed by atoms with Gasteiger partial charge in [-0.1, -0.05) is 15.9 Å². The summed E-state index contributed by atoms with van der Waals surface area (Å²) in [6.45, 7) is 1.61. The normalized spacial score (nSPS) is 10.4. The van der Waals surface area contributed by atoms with Gasteiger partial charge in [0.25, 0.3) is 0 Å². The van der Waals surface area contributed by atoms with E-state index in [0.717, 1.165) is 0 Å². The van der Waals surface area contributed by atoms with E-state index in [4.69, 9.17) is 9.84 Å². The monoisotopic (exact) mass is 312 g/mol. The van der Waals surface area contributed by atoms with Crippen molar-refractivity contribution < 1.29 is 14.2 Å². The van der Waals surface area contributed by atoms with Gasteiger partial charge in [-0.05, 0) is 19.1 Å². The fraction of sp³-hybridized carbons (Fsp3) is 0.167. The van der Waals surface area contributed by atoms with Crippen LogP contribution in [0.3, 0.4) is 0 Å². The molecule has 2 aromatic rings. The average Bonchev–Trinajstić information content (AvgIpc) is 2.27. The second kappa shape index (κ2) is 5.41. The molecule has 0 amide bonds. The molecule has 0 saturated carbocycles. The highest BCUT2D eigenvalue weighted by molar-refractivity contribution is 9.10. The second-order valence-electron chi connectivity index (χ2n) is 3.63. The maximum Gasteiger partial charge on any atom is 0.322 e. The lowest BCUT2D eigenvalue weighted by atomic mass is 10.3. The van der Waals surface area contributed by atoms with E-state index in [1.54, 1.807) is 13.0 Å². The molecule has 0 radical (unpaired) electrons. The third kappa shape index (κ3) is 3.02. The molecule has 1 heterocycles. The Balaban J connectivity index is 2.25. The quantitative estimate of drug-likeness (QED) is 0.946. The first-order valence-corrected chi connectivity index (χ1v) is 5.95. The van der Waals surface area contributed by atoms with Gasteiger partial charge >= 0.3 is 6.01 Å². The molecule has 6 heteroatoms. The van der Waals surface area contributed by atoms with Gasteiger partial charge in [0.15, 0.2) is 0 Å². The van der Waals surface area contributed by atoms with Crippen LogP contribution in [-0.4, -0.2) is 15.1 Å². The first-order chi connectivity index (χ1) is 8.58. The number of ether oxygens (including phenoxy) is 1. The third-order valence-corrected chi connectivity index (χ3v) is 2.73. The average molecular weight is 313 g/mol. The van der Waals surface area contributed by atoms with Crippen LogP contribution in [0, 0.1) is 12.7 Å². The molecule has 0 saturated heterocycles. The highest BCUT2D eigenvalue weighted by Gasteiger charge is 2.06. The minimum Gasteiger partial charge on any atom is -0.424 e. The molecule has 1 aromatic carbocycles. The van der Waals surface area contributed by atoms with Gasteiger partial charge in [0.05, 0.1) is 12.3 Å².